The van der Waals surface area contributed by atoms with Crippen LogP contribution in [0.5, 0.6) is 0 Å². The van der Waals surface area contributed by atoms with E-state index in [2.05, 4.69) is 25.4 Å². The van der Waals surface area contributed by atoms with E-state index in [-0.39, 0.29) is 17.4 Å². The summed E-state index contributed by atoms with van der Waals surface area (Å²) in [5.74, 6) is 0.586. The molecule has 3 aromatic rings. The van der Waals surface area contributed by atoms with Crippen molar-refractivity contribution in [2.45, 2.75) is 33.0 Å². The molecule has 4 heterocycles. The summed E-state index contributed by atoms with van der Waals surface area (Å²) in [4.78, 5) is 21.2. The maximum absolute atomic E-state index is 13.4. The highest BCUT2D eigenvalue weighted by atomic mass is 19.4. The van der Waals surface area contributed by atoms with Crippen molar-refractivity contribution in [2.24, 2.45) is 5.92 Å². The molecule has 0 bridgehead atoms. The molecule has 5 rings (SSSR count). The lowest BCUT2D eigenvalue weighted by molar-refractivity contribution is -0.150. The van der Waals surface area contributed by atoms with E-state index in [1.54, 1.807) is 19.2 Å². The first-order valence-corrected chi connectivity index (χ1v) is 12.3. The van der Waals surface area contributed by atoms with Crippen LogP contribution in [0.15, 0.2) is 30.5 Å². The molecule has 8 nitrogen and oxygen atoms in total. The van der Waals surface area contributed by atoms with Gasteiger partial charge in [-0.2, -0.15) is 18.3 Å². The predicted molar refractivity (Wildman–Crippen MR) is 133 cm³/mol. The first-order chi connectivity index (χ1) is 17.6. The van der Waals surface area contributed by atoms with Gasteiger partial charge in [0, 0.05) is 31.6 Å². The minimum atomic E-state index is -4.42. The van der Waals surface area contributed by atoms with Crippen molar-refractivity contribution < 1.29 is 22.7 Å². The molecule has 2 saturated heterocycles. The van der Waals surface area contributed by atoms with Gasteiger partial charge in [-0.1, -0.05) is 12.1 Å². The van der Waals surface area contributed by atoms with E-state index in [4.69, 9.17) is 4.74 Å². The molecule has 2 aliphatic rings. The Kier molecular flexibility index (Phi) is 6.65. The molecule has 1 atom stereocenters. The van der Waals surface area contributed by atoms with Gasteiger partial charge in [-0.15, -0.1) is 5.10 Å². The Morgan fingerprint density at radius 3 is 2.51 bits per heavy atom. The molecule has 37 heavy (non-hydrogen) atoms. The van der Waals surface area contributed by atoms with Crippen LogP contribution in [0.25, 0.3) is 10.9 Å². The number of hydrogen-bond acceptors (Lipinski definition) is 7. The van der Waals surface area contributed by atoms with Gasteiger partial charge < -0.3 is 19.9 Å². The quantitative estimate of drug-likeness (QED) is 0.548. The van der Waals surface area contributed by atoms with Crippen molar-refractivity contribution in [1.82, 2.24) is 20.1 Å². The first-order valence-electron chi connectivity index (χ1n) is 12.3. The van der Waals surface area contributed by atoms with E-state index >= 15 is 0 Å². The van der Waals surface area contributed by atoms with Crippen LogP contribution in [0, 0.1) is 19.8 Å². The van der Waals surface area contributed by atoms with Gasteiger partial charge in [0.15, 0.2) is 5.82 Å². The largest absolute Gasteiger partial charge is 0.416 e. The molecule has 1 aromatic carbocycles. The number of pyridine rings is 1. The summed E-state index contributed by atoms with van der Waals surface area (Å²) in [6.45, 7) is 8.70. The van der Waals surface area contributed by atoms with E-state index in [9.17, 15) is 18.0 Å². The average Bonchev–Trinajstić information content (AvgIpc) is 2.84. The zero-order chi connectivity index (χ0) is 26.3. The Morgan fingerprint density at radius 1 is 1.14 bits per heavy atom. The second kappa shape index (κ2) is 9.77. The van der Waals surface area contributed by atoms with Gasteiger partial charge in [-0.25, -0.2) is 0 Å². The molecular formula is C26H29F3N6O2. The number of alkyl halides is 3. The molecule has 0 aliphatic carbocycles. The lowest BCUT2D eigenvalue weighted by Gasteiger charge is -2.39. The number of aryl methyl sites for hydroxylation is 1. The fourth-order valence-electron chi connectivity index (χ4n) is 4.96. The van der Waals surface area contributed by atoms with Gasteiger partial charge in [0.2, 0.25) is 5.91 Å². The fourth-order valence-corrected chi connectivity index (χ4v) is 4.96. The van der Waals surface area contributed by atoms with Gasteiger partial charge in [0.05, 0.1) is 53.8 Å². The van der Waals surface area contributed by atoms with Crippen LogP contribution in [-0.2, 0) is 15.7 Å². The Bertz CT molecular complexity index is 1320. The number of fused-ring (bicyclic) bond motifs is 1. The van der Waals surface area contributed by atoms with Crippen molar-refractivity contribution in [2.75, 3.05) is 49.6 Å². The molecule has 196 valence electrons. The molecule has 1 N–H and O–H groups in total. The lowest BCUT2D eigenvalue weighted by atomic mass is 9.97. The smallest absolute Gasteiger partial charge is 0.380 e. The van der Waals surface area contributed by atoms with Crippen molar-refractivity contribution in [3.63, 3.8) is 0 Å². The fraction of sp³-hybridized carbons (Fsp3) is 0.462. The third-order valence-corrected chi connectivity index (χ3v) is 7.22. The molecule has 1 amide bonds. The molecule has 0 spiro atoms. The lowest BCUT2D eigenvalue weighted by Crippen LogP contribution is -2.53. The Labute approximate surface area is 212 Å². The van der Waals surface area contributed by atoms with Crippen LogP contribution >= 0.6 is 0 Å². The molecular weight excluding hydrogens is 485 g/mol. The standard InChI is InChI=1S/C26H29F3N6O2/c1-15-20(5-4-6-22(15)26(27,28)29)16(2)31-24-21-11-19(12-30-23(21)17(3)32-33-24)34-7-9-35(10-8-34)25(36)18-13-37-14-18/h4-6,11-12,16,18H,7-10,13-14H2,1-3H3,(H,31,33)/t16-/m1/s1. The molecule has 0 radical (unpaired) electrons. The van der Waals surface area contributed by atoms with E-state index < -0.39 is 17.8 Å². The highest BCUT2D eigenvalue weighted by molar-refractivity contribution is 5.92. The number of carbonyl (C=O) groups is 1. The number of amides is 1. The highest BCUT2D eigenvalue weighted by Crippen LogP contribution is 2.36. The third-order valence-electron chi connectivity index (χ3n) is 7.22. The molecule has 2 aliphatic heterocycles. The van der Waals surface area contributed by atoms with Crippen molar-refractivity contribution >= 4 is 28.3 Å². The number of carbonyl (C=O) groups excluding carboxylic acids is 1. The maximum Gasteiger partial charge on any atom is 0.416 e. The first kappa shape index (κ1) is 25.2. The summed E-state index contributed by atoms with van der Waals surface area (Å²) in [5.41, 5.74) is 2.29. The maximum atomic E-state index is 13.4. The highest BCUT2D eigenvalue weighted by Gasteiger charge is 2.34. The second-order valence-electron chi connectivity index (χ2n) is 9.65. The minimum absolute atomic E-state index is 0.0217. The molecule has 2 aromatic heterocycles. The van der Waals surface area contributed by atoms with E-state index in [0.717, 1.165) is 17.1 Å². The number of rotatable bonds is 5. The van der Waals surface area contributed by atoms with Crippen molar-refractivity contribution in [1.29, 1.82) is 0 Å². The van der Waals surface area contributed by atoms with Gasteiger partial charge in [-0.05, 0) is 44.0 Å². The monoisotopic (exact) mass is 514 g/mol. The Hall–Kier alpha value is -3.47. The van der Waals surface area contributed by atoms with E-state index in [1.165, 1.54) is 13.0 Å². The predicted octanol–water partition coefficient (Wildman–Crippen LogP) is 4.13. The average molecular weight is 515 g/mol. The van der Waals surface area contributed by atoms with E-state index in [0.29, 0.717) is 62.0 Å². The number of nitrogens with zero attached hydrogens (tertiary/aromatic N) is 5. The normalized spacial score (nSPS) is 17.6. The summed E-state index contributed by atoms with van der Waals surface area (Å²) in [7, 11) is 0. The van der Waals surface area contributed by atoms with E-state index in [1.807, 2.05) is 17.9 Å². The minimum Gasteiger partial charge on any atom is -0.380 e. The number of benzene rings is 1. The van der Waals surface area contributed by atoms with Crippen molar-refractivity contribution in [3.05, 3.63) is 52.8 Å². The van der Waals surface area contributed by atoms with Crippen LogP contribution in [-0.4, -0.2) is 65.4 Å². The van der Waals surface area contributed by atoms with Gasteiger partial charge in [-0.3, -0.25) is 9.78 Å². The third kappa shape index (κ3) is 4.92. The van der Waals surface area contributed by atoms with Gasteiger partial charge in [0.25, 0.3) is 0 Å². The Balaban J connectivity index is 1.38. The second-order valence-corrected chi connectivity index (χ2v) is 9.65. The van der Waals surface area contributed by atoms with Gasteiger partial charge in [0.1, 0.15) is 0 Å². The van der Waals surface area contributed by atoms with Crippen LogP contribution in [0.1, 0.15) is 35.3 Å². The summed E-state index contributed by atoms with van der Waals surface area (Å²) < 4.78 is 45.5. The van der Waals surface area contributed by atoms with Crippen LogP contribution in [0.4, 0.5) is 24.7 Å². The number of aromatic nitrogens is 3. The number of ether oxygens (including phenoxy) is 1. The molecule has 0 saturated carbocycles. The zero-order valence-corrected chi connectivity index (χ0v) is 21.0. The number of piperazine rings is 1. The Morgan fingerprint density at radius 2 is 1.86 bits per heavy atom. The van der Waals surface area contributed by atoms with Crippen LogP contribution < -0.4 is 10.2 Å². The topological polar surface area (TPSA) is 83.5 Å². The summed E-state index contributed by atoms with van der Waals surface area (Å²) >= 11 is 0. The SMILES string of the molecule is Cc1c([C@@H](C)Nc2nnc(C)c3ncc(N4CCN(C(=O)C5COC5)CC4)cc23)cccc1C(F)(F)F. The molecule has 11 heteroatoms. The summed E-state index contributed by atoms with van der Waals surface area (Å²) in [6, 6.07) is 5.73. The zero-order valence-electron chi connectivity index (χ0n) is 21.0. The number of halogens is 3. The number of hydrogen-bond donors (Lipinski definition) is 1. The number of nitrogens with one attached hydrogen (secondary N) is 1. The molecule has 0 unspecified atom stereocenters. The van der Waals surface area contributed by atoms with Gasteiger partial charge >= 0.3 is 6.18 Å². The summed E-state index contributed by atoms with van der Waals surface area (Å²) in [5, 5.41) is 12.5. The van der Waals surface area contributed by atoms with Crippen LogP contribution in [0.2, 0.25) is 0 Å². The number of anilines is 2. The molecule has 2 fully saturated rings. The van der Waals surface area contributed by atoms with Crippen molar-refractivity contribution in [3.8, 4) is 0 Å². The van der Waals surface area contributed by atoms with Crippen LogP contribution in [0.3, 0.4) is 0 Å². The summed E-state index contributed by atoms with van der Waals surface area (Å²) in [6.07, 6.45) is -2.63.